The van der Waals surface area contributed by atoms with Crippen LogP contribution in [0.3, 0.4) is 0 Å². The lowest BCUT2D eigenvalue weighted by molar-refractivity contribution is 0.543. The number of hydrogen-bond donors (Lipinski definition) is 1. The summed E-state index contributed by atoms with van der Waals surface area (Å²) in [6.07, 6.45) is 3.30. The first kappa shape index (κ1) is 10.4. The Balaban J connectivity index is 2.23. The van der Waals surface area contributed by atoms with Crippen LogP contribution >= 0.6 is 0 Å². The third-order valence-electron chi connectivity index (χ3n) is 3.69. The van der Waals surface area contributed by atoms with E-state index in [9.17, 15) is 0 Å². The highest BCUT2D eigenvalue weighted by Gasteiger charge is 2.59. The highest BCUT2D eigenvalue weighted by molar-refractivity contribution is 5.57. The fourth-order valence-electron chi connectivity index (χ4n) is 2.25. The standard InChI is InChI=1S/C14H19N/c1-11(14(15)10-13(14,2)3)9-12-7-5-4-6-8-12/h4-9H,10,15H2,1-3H3/b11-9-. The van der Waals surface area contributed by atoms with Crippen molar-refractivity contribution in [2.45, 2.75) is 32.7 Å². The second-order valence-corrected chi connectivity index (χ2v) is 5.27. The van der Waals surface area contributed by atoms with E-state index in [-0.39, 0.29) is 11.0 Å². The van der Waals surface area contributed by atoms with Crippen molar-refractivity contribution in [3.8, 4) is 0 Å². The Bertz CT molecular complexity index is 389. The minimum absolute atomic E-state index is 0.0805. The largest absolute Gasteiger partial charge is 0.321 e. The zero-order valence-corrected chi connectivity index (χ0v) is 9.75. The molecule has 1 nitrogen and oxygen atoms in total. The van der Waals surface area contributed by atoms with Crippen molar-refractivity contribution < 1.29 is 0 Å². The summed E-state index contributed by atoms with van der Waals surface area (Å²) in [6, 6.07) is 10.4. The zero-order chi connectivity index (χ0) is 11.1. The van der Waals surface area contributed by atoms with Crippen LogP contribution in [0.15, 0.2) is 35.9 Å². The van der Waals surface area contributed by atoms with Crippen LogP contribution in [-0.4, -0.2) is 5.54 Å². The van der Waals surface area contributed by atoms with Crippen LogP contribution in [0.25, 0.3) is 6.08 Å². The van der Waals surface area contributed by atoms with Crippen LogP contribution < -0.4 is 5.73 Å². The second kappa shape index (κ2) is 3.21. The lowest BCUT2D eigenvalue weighted by atomic mass is 9.96. The van der Waals surface area contributed by atoms with Gasteiger partial charge in [-0.3, -0.25) is 0 Å². The molecule has 0 spiro atoms. The van der Waals surface area contributed by atoms with Crippen LogP contribution in [0.1, 0.15) is 32.8 Å². The summed E-state index contributed by atoms with van der Waals surface area (Å²) in [5, 5.41) is 0. The van der Waals surface area contributed by atoms with Crippen molar-refractivity contribution in [2.75, 3.05) is 0 Å². The summed E-state index contributed by atoms with van der Waals surface area (Å²) in [6.45, 7) is 6.60. The van der Waals surface area contributed by atoms with Gasteiger partial charge in [-0.2, -0.15) is 0 Å². The van der Waals surface area contributed by atoms with Gasteiger partial charge in [0, 0.05) is 5.54 Å². The molecule has 80 valence electrons. The van der Waals surface area contributed by atoms with Crippen molar-refractivity contribution in [1.82, 2.24) is 0 Å². The molecule has 0 bridgehead atoms. The summed E-state index contributed by atoms with van der Waals surface area (Å²) in [7, 11) is 0. The SMILES string of the molecule is C/C(=C/c1ccccc1)C1(N)CC1(C)C. The first-order valence-electron chi connectivity index (χ1n) is 5.48. The van der Waals surface area contributed by atoms with E-state index in [0.29, 0.717) is 0 Å². The number of nitrogens with two attached hydrogens (primary N) is 1. The van der Waals surface area contributed by atoms with Gasteiger partial charge in [-0.1, -0.05) is 55.8 Å². The number of benzene rings is 1. The van der Waals surface area contributed by atoms with Gasteiger partial charge in [0.2, 0.25) is 0 Å². The van der Waals surface area contributed by atoms with Gasteiger partial charge in [0.05, 0.1) is 0 Å². The number of rotatable bonds is 2. The average Bonchev–Trinajstić information content (AvgIpc) is 2.69. The summed E-state index contributed by atoms with van der Waals surface area (Å²) in [4.78, 5) is 0. The van der Waals surface area contributed by atoms with E-state index in [1.165, 1.54) is 11.1 Å². The van der Waals surface area contributed by atoms with Crippen LogP contribution in [-0.2, 0) is 0 Å². The van der Waals surface area contributed by atoms with E-state index in [1.807, 2.05) is 6.07 Å². The van der Waals surface area contributed by atoms with E-state index < -0.39 is 0 Å². The second-order valence-electron chi connectivity index (χ2n) is 5.27. The molecule has 1 saturated carbocycles. The third kappa shape index (κ3) is 1.72. The Hall–Kier alpha value is -1.08. The smallest absolute Gasteiger partial charge is 0.0427 e. The molecule has 0 radical (unpaired) electrons. The summed E-state index contributed by atoms with van der Waals surface area (Å²) in [5.74, 6) is 0. The molecule has 0 heterocycles. The Morgan fingerprint density at radius 1 is 1.27 bits per heavy atom. The van der Waals surface area contributed by atoms with E-state index in [4.69, 9.17) is 5.73 Å². The fraction of sp³-hybridized carbons (Fsp3) is 0.429. The molecule has 2 rings (SSSR count). The Labute approximate surface area is 92.0 Å². The molecule has 15 heavy (non-hydrogen) atoms. The predicted octanol–water partition coefficient (Wildman–Crippen LogP) is 3.22. The molecule has 1 aromatic carbocycles. The molecule has 0 amide bonds. The van der Waals surface area contributed by atoms with Gasteiger partial charge < -0.3 is 5.73 Å². The monoisotopic (exact) mass is 201 g/mol. The molecular weight excluding hydrogens is 182 g/mol. The van der Waals surface area contributed by atoms with Gasteiger partial charge >= 0.3 is 0 Å². The minimum Gasteiger partial charge on any atom is -0.321 e. The van der Waals surface area contributed by atoms with Gasteiger partial charge in [-0.25, -0.2) is 0 Å². The highest BCUT2D eigenvalue weighted by atomic mass is 14.9. The van der Waals surface area contributed by atoms with Gasteiger partial charge in [0.1, 0.15) is 0 Å². The molecule has 2 N–H and O–H groups in total. The van der Waals surface area contributed by atoms with Crippen molar-refractivity contribution in [3.05, 3.63) is 41.5 Å². The van der Waals surface area contributed by atoms with E-state index in [2.05, 4.69) is 51.1 Å². The van der Waals surface area contributed by atoms with Gasteiger partial charge in [0.15, 0.2) is 0 Å². The van der Waals surface area contributed by atoms with E-state index in [0.717, 1.165) is 6.42 Å². The molecule has 1 fully saturated rings. The molecule has 1 aromatic rings. The van der Waals surface area contributed by atoms with Crippen molar-refractivity contribution in [3.63, 3.8) is 0 Å². The Kier molecular flexibility index (Phi) is 2.23. The van der Waals surface area contributed by atoms with Crippen molar-refractivity contribution in [1.29, 1.82) is 0 Å². The molecular formula is C14H19N. The maximum Gasteiger partial charge on any atom is 0.0427 e. The predicted molar refractivity (Wildman–Crippen MR) is 65.4 cm³/mol. The molecule has 1 aliphatic rings. The lowest BCUT2D eigenvalue weighted by Crippen LogP contribution is -2.29. The Morgan fingerprint density at radius 3 is 2.27 bits per heavy atom. The molecule has 1 unspecified atom stereocenters. The van der Waals surface area contributed by atoms with Gasteiger partial charge in [-0.15, -0.1) is 0 Å². The van der Waals surface area contributed by atoms with E-state index in [1.54, 1.807) is 0 Å². The van der Waals surface area contributed by atoms with E-state index >= 15 is 0 Å². The fourth-order valence-corrected chi connectivity index (χ4v) is 2.25. The summed E-state index contributed by atoms with van der Waals surface area (Å²) >= 11 is 0. The average molecular weight is 201 g/mol. The van der Waals surface area contributed by atoms with Crippen molar-refractivity contribution in [2.24, 2.45) is 11.1 Å². The zero-order valence-electron chi connectivity index (χ0n) is 9.75. The molecule has 0 aliphatic heterocycles. The lowest BCUT2D eigenvalue weighted by Gasteiger charge is -2.15. The number of hydrogen-bond acceptors (Lipinski definition) is 1. The molecule has 0 aromatic heterocycles. The summed E-state index contributed by atoms with van der Waals surface area (Å²) in [5.41, 5.74) is 9.06. The van der Waals surface area contributed by atoms with Gasteiger partial charge in [-0.05, 0) is 24.3 Å². The topological polar surface area (TPSA) is 26.0 Å². The Morgan fingerprint density at radius 2 is 1.80 bits per heavy atom. The third-order valence-corrected chi connectivity index (χ3v) is 3.69. The van der Waals surface area contributed by atoms with Crippen LogP contribution in [0.5, 0.6) is 0 Å². The molecule has 1 aliphatic carbocycles. The molecule has 1 atom stereocenters. The van der Waals surface area contributed by atoms with Crippen molar-refractivity contribution >= 4 is 6.08 Å². The molecule has 0 saturated heterocycles. The maximum atomic E-state index is 6.35. The maximum absolute atomic E-state index is 6.35. The van der Waals surface area contributed by atoms with Crippen LogP contribution in [0.4, 0.5) is 0 Å². The quantitative estimate of drug-likeness (QED) is 0.781. The summed E-state index contributed by atoms with van der Waals surface area (Å²) < 4.78 is 0. The highest BCUT2D eigenvalue weighted by Crippen LogP contribution is 2.57. The molecule has 1 heteroatoms. The first-order chi connectivity index (χ1) is 6.96. The minimum atomic E-state index is -0.0805. The first-order valence-corrected chi connectivity index (χ1v) is 5.48. The van der Waals surface area contributed by atoms with Crippen LogP contribution in [0, 0.1) is 5.41 Å². The van der Waals surface area contributed by atoms with Gasteiger partial charge in [0.25, 0.3) is 0 Å². The normalized spacial score (nSPS) is 28.9. The van der Waals surface area contributed by atoms with Crippen LogP contribution in [0.2, 0.25) is 0 Å².